The first-order valence-electron chi connectivity index (χ1n) is 8.10. The molecule has 1 aliphatic heterocycles. The van der Waals surface area contributed by atoms with E-state index >= 15 is 0 Å². The van der Waals surface area contributed by atoms with Crippen LogP contribution in [0.3, 0.4) is 0 Å². The lowest BCUT2D eigenvalue weighted by Crippen LogP contribution is -2.44. The second-order valence-electron chi connectivity index (χ2n) is 6.81. The highest BCUT2D eigenvalue weighted by atomic mass is 15.2. The molecule has 0 aromatic heterocycles. The summed E-state index contributed by atoms with van der Waals surface area (Å²) >= 11 is 0. The summed E-state index contributed by atoms with van der Waals surface area (Å²) in [7, 11) is 0. The SMILES string of the molecule is CCNC(c1ccccc1)C(CC)N1CCC(C)(C)C1. The van der Waals surface area contributed by atoms with E-state index in [1.165, 1.54) is 31.5 Å². The van der Waals surface area contributed by atoms with Crippen LogP contribution in [0.4, 0.5) is 0 Å². The fourth-order valence-electron chi connectivity index (χ4n) is 3.50. The van der Waals surface area contributed by atoms with E-state index in [2.05, 4.69) is 68.2 Å². The van der Waals surface area contributed by atoms with Crippen LogP contribution in [0.1, 0.15) is 52.1 Å². The van der Waals surface area contributed by atoms with Crippen molar-refractivity contribution in [3.8, 4) is 0 Å². The molecule has 2 atom stereocenters. The second-order valence-corrected chi connectivity index (χ2v) is 6.81. The third-order valence-corrected chi connectivity index (χ3v) is 4.56. The lowest BCUT2D eigenvalue weighted by Gasteiger charge is -2.35. The predicted molar refractivity (Wildman–Crippen MR) is 86.9 cm³/mol. The summed E-state index contributed by atoms with van der Waals surface area (Å²) in [5, 5.41) is 3.71. The molecule has 0 aliphatic carbocycles. The van der Waals surface area contributed by atoms with Crippen molar-refractivity contribution >= 4 is 0 Å². The fourth-order valence-corrected chi connectivity index (χ4v) is 3.50. The maximum atomic E-state index is 3.71. The summed E-state index contributed by atoms with van der Waals surface area (Å²) < 4.78 is 0. The summed E-state index contributed by atoms with van der Waals surface area (Å²) in [4.78, 5) is 2.69. The Labute approximate surface area is 124 Å². The molecule has 0 amide bonds. The van der Waals surface area contributed by atoms with Crippen molar-refractivity contribution in [1.82, 2.24) is 10.2 Å². The van der Waals surface area contributed by atoms with E-state index < -0.39 is 0 Å². The zero-order valence-electron chi connectivity index (χ0n) is 13.5. The lowest BCUT2D eigenvalue weighted by molar-refractivity contribution is 0.170. The van der Waals surface area contributed by atoms with Crippen molar-refractivity contribution in [3.63, 3.8) is 0 Å². The van der Waals surface area contributed by atoms with Gasteiger partial charge in [-0.3, -0.25) is 4.90 Å². The predicted octanol–water partition coefficient (Wildman–Crippen LogP) is 3.85. The number of hydrogen-bond donors (Lipinski definition) is 1. The van der Waals surface area contributed by atoms with Gasteiger partial charge in [0.25, 0.3) is 0 Å². The largest absolute Gasteiger partial charge is 0.309 e. The first-order valence-corrected chi connectivity index (χ1v) is 8.10. The van der Waals surface area contributed by atoms with Crippen molar-refractivity contribution in [3.05, 3.63) is 35.9 Å². The smallest absolute Gasteiger partial charge is 0.0477 e. The number of rotatable bonds is 6. The second kappa shape index (κ2) is 6.73. The fraction of sp³-hybridized carbons (Fsp3) is 0.667. The number of benzene rings is 1. The number of nitrogens with one attached hydrogen (secondary N) is 1. The summed E-state index contributed by atoms with van der Waals surface area (Å²) in [6.45, 7) is 12.8. The molecule has 2 heteroatoms. The average Bonchev–Trinajstić information content (AvgIpc) is 2.80. The molecule has 1 aliphatic rings. The van der Waals surface area contributed by atoms with E-state index in [1.807, 2.05) is 0 Å². The molecule has 0 saturated carbocycles. The zero-order chi connectivity index (χ0) is 14.6. The van der Waals surface area contributed by atoms with Crippen molar-refractivity contribution in [2.45, 2.75) is 52.6 Å². The molecule has 0 radical (unpaired) electrons. The third-order valence-electron chi connectivity index (χ3n) is 4.56. The van der Waals surface area contributed by atoms with Crippen LogP contribution >= 0.6 is 0 Å². The van der Waals surface area contributed by atoms with Gasteiger partial charge in [-0.25, -0.2) is 0 Å². The minimum atomic E-state index is 0.445. The molecular weight excluding hydrogens is 244 g/mol. The van der Waals surface area contributed by atoms with Gasteiger partial charge in [-0.05, 0) is 36.9 Å². The number of likely N-dealkylation sites (N-methyl/N-ethyl adjacent to an activating group) is 1. The van der Waals surface area contributed by atoms with Crippen LogP contribution in [0, 0.1) is 5.41 Å². The lowest BCUT2D eigenvalue weighted by atomic mass is 9.92. The maximum Gasteiger partial charge on any atom is 0.0477 e. The van der Waals surface area contributed by atoms with Crippen molar-refractivity contribution < 1.29 is 0 Å². The molecule has 0 spiro atoms. The highest BCUT2D eigenvalue weighted by molar-refractivity contribution is 5.21. The molecular formula is C18H30N2. The first-order chi connectivity index (χ1) is 9.57. The minimum absolute atomic E-state index is 0.445. The molecule has 1 fully saturated rings. The van der Waals surface area contributed by atoms with E-state index in [0.717, 1.165) is 6.54 Å². The Bertz CT molecular complexity index is 399. The number of hydrogen-bond acceptors (Lipinski definition) is 2. The van der Waals surface area contributed by atoms with Gasteiger partial charge in [0.2, 0.25) is 0 Å². The highest BCUT2D eigenvalue weighted by Crippen LogP contribution is 2.34. The van der Waals surface area contributed by atoms with E-state index in [9.17, 15) is 0 Å². The Kier molecular flexibility index (Phi) is 5.22. The van der Waals surface area contributed by atoms with Crippen molar-refractivity contribution in [2.75, 3.05) is 19.6 Å². The molecule has 2 rings (SSSR count). The van der Waals surface area contributed by atoms with E-state index in [-0.39, 0.29) is 0 Å². The number of likely N-dealkylation sites (tertiary alicyclic amines) is 1. The summed E-state index contributed by atoms with van der Waals surface area (Å²) in [6, 6.07) is 12.0. The maximum absolute atomic E-state index is 3.71. The molecule has 1 saturated heterocycles. The average molecular weight is 274 g/mol. The van der Waals surface area contributed by atoms with Gasteiger partial charge >= 0.3 is 0 Å². The van der Waals surface area contributed by atoms with Gasteiger partial charge in [0.05, 0.1) is 0 Å². The Morgan fingerprint density at radius 3 is 2.40 bits per heavy atom. The molecule has 112 valence electrons. The summed E-state index contributed by atoms with van der Waals surface area (Å²) in [5.41, 5.74) is 1.90. The molecule has 20 heavy (non-hydrogen) atoms. The van der Waals surface area contributed by atoms with Gasteiger partial charge < -0.3 is 5.32 Å². The Morgan fingerprint density at radius 1 is 1.20 bits per heavy atom. The van der Waals surface area contributed by atoms with Crippen LogP contribution in [0.15, 0.2) is 30.3 Å². The zero-order valence-corrected chi connectivity index (χ0v) is 13.5. The molecule has 1 heterocycles. The Morgan fingerprint density at radius 2 is 1.90 bits per heavy atom. The third kappa shape index (κ3) is 3.62. The first kappa shape index (κ1) is 15.5. The minimum Gasteiger partial charge on any atom is -0.309 e. The summed E-state index contributed by atoms with van der Waals surface area (Å²) in [5.74, 6) is 0. The normalized spacial score (nSPS) is 21.8. The van der Waals surface area contributed by atoms with E-state index in [1.54, 1.807) is 0 Å². The topological polar surface area (TPSA) is 15.3 Å². The molecule has 1 aromatic carbocycles. The number of nitrogens with zero attached hydrogens (tertiary/aromatic N) is 1. The molecule has 1 N–H and O–H groups in total. The van der Waals surface area contributed by atoms with Crippen LogP contribution < -0.4 is 5.32 Å². The Hall–Kier alpha value is -0.860. The molecule has 0 bridgehead atoms. The van der Waals surface area contributed by atoms with Gasteiger partial charge in [0.1, 0.15) is 0 Å². The van der Waals surface area contributed by atoms with Gasteiger partial charge in [0.15, 0.2) is 0 Å². The Balaban J connectivity index is 2.18. The monoisotopic (exact) mass is 274 g/mol. The van der Waals surface area contributed by atoms with Crippen LogP contribution in [-0.2, 0) is 0 Å². The van der Waals surface area contributed by atoms with Crippen LogP contribution in [0.25, 0.3) is 0 Å². The molecule has 2 nitrogen and oxygen atoms in total. The molecule has 2 unspecified atom stereocenters. The molecule has 1 aromatic rings. The highest BCUT2D eigenvalue weighted by Gasteiger charge is 2.35. The van der Waals surface area contributed by atoms with E-state index in [0.29, 0.717) is 17.5 Å². The van der Waals surface area contributed by atoms with Crippen molar-refractivity contribution in [2.24, 2.45) is 5.41 Å². The van der Waals surface area contributed by atoms with Crippen LogP contribution in [0.5, 0.6) is 0 Å². The van der Waals surface area contributed by atoms with Crippen molar-refractivity contribution in [1.29, 1.82) is 0 Å². The quantitative estimate of drug-likeness (QED) is 0.847. The standard InChI is InChI=1S/C18H30N2/c1-5-16(20-13-12-18(3,4)14-20)17(19-6-2)15-10-8-7-9-11-15/h7-11,16-17,19H,5-6,12-14H2,1-4H3. The van der Waals surface area contributed by atoms with Gasteiger partial charge in [-0.1, -0.05) is 58.0 Å². The van der Waals surface area contributed by atoms with Gasteiger partial charge in [-0.15, -0.1) is 0 Å². The van der Waals surface area contributed by atoms with Gasteiger partial charge in [0, 0.05) is 18.6 Å². The van der Waals surface area contributed by atoms with E-state index in [4.69, 9.17) is 0 Å². The van der Waals surface area contributed by atoms with Gasteiger partial charge in [-0.2, -0.15) is 0 Å². The summed E-state index contributed by atoms with van der Waals surface area (Å²) in [6.07, 6.45) is 2.51. The van der Waals surface area contributed by atoms with Crippen LogP contribution in [0.2, 0.25) is 0 Å². The van der Waals surface area contributed by atoms with Crippen LogP contribution in [-0.4, -0.2) is 30.6 Å².